The lowest BCUT2D eigenvalue weighted by atomic mass is 10.1. The highest BCUT2D eigenvalue weighted by molar-refractivity contribution is 7.13. The molecular formula is C22H15FN4O3S. The van der Waals surface area contributed by atoms with Gasteiger partial charge in [-0.25, -0.2) is 24.1 Å². The molecule has 0 aliphatic heterocycles. The number of nitrogens with zero attached hydrogens (tertiary/aromatic N) is 3. The Morgan fingerprint density at radius 3 is 2.39 bits per heavy atom. The second kappa shape index (κ2) is 9.23. The number of aromatic nitrogens is 3. The largest absolute Gasteiger partial charge is 0.443 e. The molecule has 1 atom stereocenters. The highest BCUT2D eigenvalue weighted by atomic mass is 32.1. The van der Waals surface area contributed by atoms with Crippen molar-refractivity contribution >= 4 is 28.9 Å². The summed E-state index contributed by atoms with van der Waals surface area (Å²) < 4.78 is 18.6. The van der Waals surface area contributed by atoms with Crippen molar-refractivity contribution in [3.05, 3.63) is 95.5 Å². The van der Waals surface area contributed by atoms with E-state index in [9.17, 15) is 14.0 Å². The highest BCUT2D eigenvalue weighted by Gasteiger charge is 2.27. The SMILES string of the molecule is O=C(OC(C(=O)Nc1ccc(F)cc1)c1ccccc1)c1csc(-c2ncccn2)n1. The Labute approximate surface area is 180 Å². The number of carbonyl (C=O) groups excluding carboxylic acids is 2. The molecule has 9 heteroatoms. The summed E-state index contributed by atoms with van der Waals surface area (Å²) in [6.45, 7) is 0. The maximum Gasteiger partial charge on any atom is 0.358 e. The zero-order valence-corrected chi connectivity index (χ0v) is 16.8. The molecule has 2 heterocycles. The Morgan fingerprint density at radius 1 is 0.968 bits per heavy atom. The molecule has 0 aliphatic carbocycles. The number of carbonyl (C=O) groups is 2. The van der Waals surface area contributed by atoms with Crippen LogP contribution < -0.4 is 5.32 Å². The summed E-state index contributed by atoms with van der Waals surface area (Å²) >= 11 is 1.19. The molecule has 2 aromatic heterocycles. The van der Waals surface area contributed by atoms with Gasteiger partial charge in [-0.05, 0) is 30.3 Å². The number of thiazole rings is 1. The quantitative estimate of drug-likeness (QED) is 0.456. The van der Waals surface area contributed by atoms with E-state index < -0.39 is 23.8 Å². The van der Waals surface area contributed by atoms with Crippen LogP contribution in [0, 0.1) is 5.82 Å². The van der Waals surface area contributed by atoms with E-state index in [2.05, 4.69) is 20.3 Å². The van der Waals surface area contributed by atoms with Crippen LogP contribution in [0.1, 0.15) is 22.2 Å². The Bertz CT molecular complexity index is 1180. The van der Waals surface area contributed by atoms with Crippen LogP contribution in [-0.2, 0) is 9.53 Å². The summed E-state index contributed by atoms with van der Waals surface area (Å²) in [4.78, 5) is 38.0. The molecule has 0 radical (unpaired) electrons. The molecule has 154 valence electrons. The van der Waals surface area contributed by atoms with E-state index in [0.29, 0.717) is 22.1 Å². The van der Waals surface area contributed by atoms with E-state index in [-0.39, 0.29) is 5.69 Å². The number of hydrogen-bond donors (Lipinski definition) is 1. The first-order valence-electron chi connectivity index (χ1n) is 9.15. The number of nitrogens with one attached hydrogen (secondary N) is 1. The monoisotopic (exact) mass is 434 g/mol. The standard InChI is InChI=1S/C22H15FN4O3S/c23-15-7-9-16(10-8-15)26-20(28)18(14-5-2-1-3-6-14)30-22(29)17-13-31-21(27-17)19-24-11-4-12-25-19/h1-13,18H,(H,26,28). The van der Waals surface area contributed by atoms with Crippen molar-refractivity contribution in [3.8, 4) is 10.8 Å². The van der Waals surface area contributed by atoms with Gasteiger partial charge in [0.1, 0.15) is 5.82 Å². The predicted molar refractivity (Wildman–Crippen MR) is 113 cm³/mol. The first-order chi connectivity index (χ1) is 15.1. The van der Waals surface area contributed by atoms with E-state index >= 15 is 0 Å². The van der Waals surface area contributed by atoms with E-state index in [4.69, 9.17) is 4.74 Å². The topological polar surface area (TPSA) is 94.1 Å². The third-order valence-corrected chi connectivity index (χ3v) is 4.99. The van der Waals surface area contributed by atoms with Crippen LogP contribution in [-0.4, -0.2) is 26.8 Å². The summed E-state index contributed by atoms with van der Waals surface area (Å²) in [6.07, 6.45) is 1.93. The lowest BCUT2D eigenvalue weighted by Gasteiger charge is -2.17. The molecule has 0 saturated carbocycles. The molecule has 0 aliphatic rings. The summed E-state index contributed by atoms with van der Waals surface area (Å²) in [6, 6.07) is 15.6. The maximum atomic E-state index is 13.1. The molecule has 7 nitrogen and oxygen atoms in total. The number of hydrogen-bond acceptors (Lipinski definition) is 7. The lowest BCUT2D eigenvalue weighted by Crippen LogP contribution is -2.26. The Balaban J connectivity index is 1.55. The van der Waals surface area contributed by atoms with E-state index in [0.717, 1.165) is 0 Å². The van der Waals surface area contributed by atoms with Crippen LogP contribution in [0.2, 0.25) is 0 Å². The lowest BCUT2D eigenvalue weighted by molar-refractivity contribution is -0.125. The number of anilines is 1. The Hall–Kier alpha value is -3.98. The fourth-order valence-electron chi connectivity index (χ4n) is 2.69. The van der Waals surface area contributed by atoms with Crippen molar-refractivity contribution < 1.29 is 18.7 Å². The average Bonchev–Trinajstić information content (AvgIpc) is 3.30. The number of halogens is 1. The molecular weight excluding hydrogens is 419 g/mol. The summed E-state index contributed by atoms with van der Waals surface area (Å²) in [5.41, 5.74) is 0.904. The minimum Gasteiger partial charge on any atom is -0.443 e. The molecule has 31 heavy (non-hydrogen) atoms. The minimum atomic E-state index is -1.23. The third kappa shape index (κ3) is 4.96. The minimum absolute atomic E-state index is 0.0444. The van der Waals surface area contributed by atoms with E-state index in [1.54, 1.807) is 48.8 Å². The van der Waals surface area contributed by atoms with Gasteiger partial charge < -0.3 is 10.1 Å². The molecule has 1 amide bonds. The van der Waals surface area contributed by atoms with E-state index in [1.807, 2.05) is 0 Å². The molecule has 0 saturated heterocycles. The first-order valence-corrected chi connectivity index (χ1v) is 10.0. The van der Waals surface area contributed by atoms with Crippen LogP contribution in [0.25, 0.3) is 10.8 Å². The number of ether oxygens (including phenoxy) is 1. The molecule has 0 bridgehead atoms. The van der Waals surface area contributed by atoms with Crippen LogP contribution in [0.4, 0.5) is 10.1 Å². The van der Waals surface area contributed by atoms with Gasteiger partial charge in [0.15, 0.2) is 16.5 Å². The van der Waals surface area contributed by atoms with Crippen LogP contribution in [0.15, 0.2) is 78.4 Å². The molecule has 0 fully saturated rings. The van der Waals surface area contributed by atoms with Crippen molar-refractivity contribution in [2.75, 3.05) is 5.32 Å². The van der Waals surface area contributed by atoms with Gasteiger partial charge in [-0.15, -0.1) is 11.3 Å². The first kappa shape index (κ1) is 20.3. The second-order valence-electron chi connectivity index (χ2n) is 6.30. The predicted octanol–water partition coefficient (Wildman–Crippen LogP) is 4.28. The fraction of sp³-hybridized carbons (Fsp3) is 0.0455. The van der Waals surface area contributed by atoms with E-state index in [1.165, 1.54) is 41.0 Å². The van der Waals surface area contributed by atoms with Gasteiger partial charge in [-0.2, -0.15) is 0 Å². The van der Waals surface area contributed by atoms with Crippen molar-refractivity contribution in [3.63, 3.8) is 0 Å². The molecule has 4 rings (SSSR count). The molecule has 4 aromatic rings. The maximum absolute atomic E-state index is 13.1. The van der Waals surface area contributed by atoms with Crippen LogP contribution >= 0.6 is 11.3 Å². The van der Waals surface area contributed by atoms with Crippen molar-refractivity contribution in [1.82, 2.24) is 15.0 Å². The fourth-order valence-corrected chi connectivity index (χ4v) is 3.42. The van der Waals surface area contributed by atoms with Gasteiger partial charge in [0, 0.05) is 29.0 Å². The molecule has 2 aromatic carbocycles. The number of amides is 1. The third-order valence-electron chi connectivity index (χ3n) is 4.15. The number of esters is 1. The second-order valence-corrected chi connectivity index (χ2v) is 7.16. The van der Waals surface area contributed by atoms with Crippen molar-refractivity contribution in [1.29, 1.82) is 0 Å². The average molecular weight is 434 g/mol. The van der Waals surface area contributed by atoms with Crippen LogP contribution in [0.5, 0.6) is 0 Å². The normalized spacial score (nSPS) is 11.5. The van der Waals surface area contributed by atoms with Crippen LogP contribution in [0.3, 0.4) is 0 Å². The highest BCUT2D eigenvalue weighted by Crippen LogP contribution is 2.24. The summed E-state index contributed by atoms with van der Waals surface area (Å²) in [7, 11) is 0. The van der Waals surface area contributed by atoms with Gasteiger partial charge in [0.25, 0.3) is 5.91 Å². The zero-order valence-electron chi connectivity index (χ0n) is 15.9. The molecule has 1 unspecified atom stereocenters. The van der Waals surface area contributed by atoms with Gasteiger partial charge in [0.2, 0.25) is 6.10 Å². The molecule has 0 spiro atoms. The summed E-state index contributed by atoms with van der Waals surface area (Å²) in [5.74, 6) is -1.37. The smallest absolute Gasteiger partial charge is 0.358 e. The Morgan fingerprint density at radius 2 is 1.68 bits per heavy atom. The Kier molecular flexibility index (Phi) is 6.04. The van der Waals surface area contributed by atoms with Crippen molar-refractivity contribution in [2.45, 2.75) is 6.10 Å². The van der Waals surface area contributed by atoms with Gasteiger partial charge in [-0.3, -0.25) is 4.79 Å². The van der Waals surface area contributed by atoms with Gasteiger partial charge in [0.05, 0.1) is 0 Å². The van der Waals surface area contributed by atoms with Crippen molar-refractivity contribution in [2.24, 2.45) is 0 Å². The summed E-state index contributed by atoms with van der Waals surface area (Å²) in [5, 5.41) is 4.61. The number of benzene rings is 2. The number of rotatable bonds is 6. The van der Waals surface area contributed by atoms with Gasteiger partial charge >= 0.3 is 5.97 Å². The zero-order chi connectivity index (χ0) is 21.6. The molecule has 1 N–H and O–H groups in total. The van der Waals surface area contributed by atoms with Gasteiger partial charge in [-0.1, -0.05) is 30.3 Å².